The average Bonchev–Trinajstić information content (AvgIpc) is 2.61. The number of carbonyl (C=O) groups is 2. The number of ether oxygens (including phenoxy) is 1. The summed E-state index contributed by atoms with van der Waals surface area (Å²) in [6, 6.07) is 8.58. The van der Waals surface area contributed by atoms with Crippen molar-refractivity contribution in [2.24, 2.45) is 5.73 Å². The van der Waals surface area contributed by atoms with Crippen molar-refractivity contribution in [3.8, 4) is 0 Å². The van der Waals surface area contributed by atoms with Gasteiger partial charge in [-0.2, -0.15) is 0 Å². The number of carbonyl (C=O) groups excluding carboxylic acids is 2. The van der Waals surface area contributed by atoms with Gasteiger partial charge in [0.05, 0.1) is 0 Å². The molecular formula is C14H15NO3. The molecule has 2 rings (SSSR count). The van der Waals surface area contributed by atoms with E-state index in [4.69, 9.17) is 10.5 Å². The Kier molecular flexibility index (Phi) is 2.95. The molecule has 0 radical (unpaired) electrons. The van der Waals surface area contributed by atoms with E-state index >= 15 is 0 Å². The van der Waals surface area contributed by atoms with E-state index in [0.29, 0.717) is 12.0 Å². The quantitative estimate of drug-likeness (QED) is 0.651. The van der Waals surface area contributed by atoms with E-state index in [1.165, 1.54) is 0 Å². The lowest BCUT2D eigenvalue weighted by molar-refractivity contribution is -0.129. The topological polar surface area (TPSA) is 69.4 Å². The van der Waals surface area contributed by atoms with Crippen LogP contribution in [0.3, 0.4) is 0 Å². The van der Waals surface area contributed by atoms with Gasteiger partial charge in [0.1, 0.15) is 5.57 Å². The van der Waals surface area contributed by atoms with E-state index < -0.39 is 5.60 Å². The zero-order chi connectivity index (χ0) is 13.3. The van der Waals surface area contributed by atoms with Gasteiger partial charge in [0, 0.05) is 5.56 Å². The SMILES string of the molecule is CCC1(C)OC(N)=C(C(=O)c2ccccc2)C1=O. The Balaban J connectivity index is 2.38. The van der Waals surface area contributed by atoms with Crippen molar-refractivity contribution < 1.29 is 14.3 Å². The normalized spacial score (nSPS) is 23.1. The molecule has 18 heavy (non-hydrogen) atoms. The minimum absolute atomic E-state index is 0.0365. The molecule has 0 amide bonds. The van der Waals surface area contributed by atoms with Crippen LogP contribution in [0.15, 0.2) is 41.8 Å². The first-order chi connectivity index (χ1) is 8.49. The van der Waals surface area contributed by atoms with Crippen LogP contribution in [0.5, 0.6) is 0 Å². The van der Waals surface area contributed by atoms with Crippen LogP contribution in [0, 0.1) is 0 Å². The lowest BCUT2D eigenvalue weighted by atomic mass is 9.91. The number of nitrogens with two attached hydrogens (primary N) is 1. The Labute approximate surface area is 105 Å². The molecule has 0 aromatic heterocycles. The van der Waals surface area contributed by atoms with Crippen LogP contribution >= 0.6 is 0 Å². The van der Waals surface area contributed by atoms with Gasteiger partial charge >= 0.3 is 0 Å². The molecule has 94 valence electrons. The Bertz CT molecular complexity index is 533. The van der Waals surface area contributed by atoms with Crippen LogP contribution in [0.25, 0.3) is 0 Å². The number of hydrogen-bond donors (Lipinski definition) is 1. The molecule has 0 saturated heterocycles. The lowest BCUT2D eigenvalue weighted by Gasteiger charge is -2.20. The number of rotatable bonds is 3. The summed E-state index contributed by atoms with van der Waals surface area (Å²) in [5.41, 5.74) is 5.07. The summed E-state index contributed by atoms with van der Waals surface area (Å²) < 4.78 is 5.35. The fraction of sp³-hybridized carbons (Fsp3) is 0.286. The molecule has 0 aliphatic carbocycles. The van der Waals surface area contributed by atoms with E-state index in [2.05, 4.69) is 0 Å². The molecule has 2 N–H and O–H groups in total. The molecule has 1 unspecified atom stereocenters. The van der Waals surface area contributed by atoms with Gasteiger partial charge in [-0.15, -0.1) is 0 Å². The standard InChI is InChI=1S/C14H15NO3/c1-3-14(2)12(17)10(13(15)18-14)11(16)9-7-5-4-6-8-9/h4-8H,3,15H2,1-2H3. The Morgan fingerprint density at radius 1 is 1.33 bits per heavy atom. The minimum atomic E-state index is -1.01. The Hall–Kier alpha value is -2.10. The second kappa shape index (κ2) is 4.29. The van der Waals surface area contributed by atoms with Crippen molar-refractivity contribution >= 4 is 11.6 Å². The molecule has 1 aliphatic heterocycles. The molecule has 1 aromatic carbocycles. The van der Waals surface area contributed by atoms with E-state index in [1.54, 1.807) is 37.3 Å². The van der Waals surface area contributed by atoms with Gasteiger partial charge in [-0.1, -0.05) is 37.3 Å². The summed E-state index contributed by atoms with van der Waals surface area (Å²) in [6.07, 6.45) is 0.470. The first-order valence-electron chi connectivity index (χ1n) is 5.83. The molecular weight excluding hydrogens is 230 g/mol. The van der Waals surface area contributed by atoms with Gasteiger partial charge in [0.15, 0.2) is 11.5 Å². The van der Waals surface area contributed by atoms with E-state index in [9.17, 15) is 9.59 Å². The summed E-state index contributed by atoms with van der Waals surface area (Å²) in [4.78, 5) is 24.4. The highest BCUT2D eigenvalue weighted by Crippen LogP contribution is 2.32. The van der Waals surface area contributed by atoms with Gasteiger partial charge in [-0.25, -0.2) is 0 Å². The Morgan fingerprint density at radius 2 is 1.94 bits per heavy atom. The van der Waals surface area contributed by atoms with Crippen molar-refractivity contribution in [1.82, 2.24) is 0 Å². The molecule has 1 heterocycles. The van der Waals surface area contributed by atoms with Gasteiger partial charge < -0.3 is 10.5 Å². The van der Waals surface area contributed by atoms with Crippen LogP contribution in [0.1, 0.15) is 30.6 Å². The van der Waals surface area contributed by atoms with Gasteiger partial charge in [0.25, 0.3) is 0 Å². The molecule has 0 saturated carbocycles. The third-order valence-electron chi connectivity index (χ3n) is 3.23. The summed E-state index contributed by atoms with van der Waals surface area (Å²) in [5, 5.41) is 0. The third-order valence-corrected chi connectivity index (χ3v) is 3.23. The highest BCUT2D eigenvalue weighted by atomic mass is 16.5. The largest absolute Gasteiger partial charge is 0.464 e. The van der Waals surface area contributed by atoms with Crippen LogP contribution in [0.4, 0.5) is 0 Å². The van der Waals surface area contributed by atoms with Gasteiger partial charge in [-0.3, -0.25) is 9.59 Å². The first-order valence-corrected chi connectivity index (χ1v) is 5.83. The molecule has 0 bridgehead atoms. The number of benzene rings is 1. The highest BCUT2D eigenvalue weighted by molar-refractivity contribution is 6.29. The molecule has 4 nitrogen and oxygen atoms in total. The maximum Gasteiger partial charge on any atom is 0.215 e. The summed E-state index contributed by atoms with van der Waals surface area (Å²) in [6.45, 7) is 3.47. The monoisotopic (exact) mass is 245 g/mol. The molecule has 1 atom stereocenters. The number of ketones is 2. The van der Waals surface area contributed by atoms with E-state index in [0.717, 1.165) is 0 Å². The molecule has 1 aromatic rings. The fourth-order valence-corrected chi connectivity index (χ4v) is 1.90. The minimum Gasteiger partial charge on any atom is -0.464 e. The molecule has 4 heteroatoms. The third kappa shape index (κ3) is 1.79. The highest BCUT2D eigenvalue weighted by Gasteiger charge is 2.46. The maximum absolute atomic E-state index is 12.2. The predicted molar refractivity (Wildman–Crippen MR) is 66.8 cm³/mol. The van der Waals surface area contributed by atoms with Crippen molar-refractivity contribution in [2.45, 2.75) is 25.9 Å². The smallest absolute Gasteiger partial charge is 0.215 e. The zero-order valence-corrected chi connectivity index (χ0v) is 10.4. The second-order valence-electron chi connectivity index (χ2n) is 4.45. The van der Waals surface area contributed by atoms with Crippen LogP contribution in [0.2, 0.25) is 0 Å². The molecule has 0 spiro atoms. The van der Waals surface area contributed by atoms with Crippen LogP contribution < -0.4 is 5.73 Å². The predicted octanol–water partition coefficient (Wildman–Crippen LogP) is 1.81. The summed E-state index contributed by atoms with van der Waals surface area (Å²) in [5.74, 6) is -0.787. The van der Waals surface area contributed by atoms with E-state index in [-0.39, 0.29) is 23.0 Å². The number of hydrogen-bond acceptors (Lipinski definition) is 4. The van der Waals surface area contributed by atoms with E-state index in [1.807, 2.05) is 6.92 Å². The lowest BCUT2D eigenvalue weighted by Crippen LogP contribution is -2.34. The molecule has 0 fully saturated rings. The van der Waals surface area contributed by atoms with Crippen molar-refractivity contribution in [2.75, 3.05) is 0 Å². The van der Waals surface area contributed by atoms with Crippen molar-refractivity contribution in [3.63, 3.8) is 0 Å². The van der Waals surface area contributed by atoms with Gasteiger partial charge in [0.2, 0.25) is 11.6 Å². The fourth-order valence-electron chi connectivity index (χ4n) is 1.90. The maximum atomic E-state index is 12.2. The zero-order valence-electron chi connectivity index (χ0n) is 10.4. The average molecular weight is 245 g/mol. The molecule has 1 aliphatic rings. The number of Topliss-reactive ketones (excluding diaryl/α,β-unsaturated/α-hetero) is 2. The Morgan fingerprint density at radius 3 is 2.44 bits per heavy atom. The van der Waals surface area contributed by atoms with Crippen LogP contribution in [-0.4, -0.2) is 17.2 Å². The second-order valence-corrected chi connectivity index (χ2v) is 4.45. The van der Waals surface area contributed by atoms with Crippen molar-refractivity contribution in [3.05, 3.63) is 47.4 Å². The van der Waals surface area contributed by atoms with Crippen molar-refractivity contribution in [1.29, 1.82) is 0 Å². The first kappa shape index (κ1) is 12.4. The van der Waals surface area contributed by atoms with Crippen LogP contribution in [-0.2, 0) is 9.53 Å². The van der Waals surface area contributed by atoms with Gasteiger partial charge in [-0.05, 0) is 13.3 Å². The summed E-state index contributed by atoms with van der Waals surface area (Å²) >= 11 is 0. The summed E-state index contributed by atoms with van der Waals surface area (Å²) in [7, 11) is 0.